The van der Waals surface area contributed by atoms with Crippen LogP contribution in [0.15, 0.2) is 186 Å². The van der Waals surface area contributed by atoms with Crippen molar-refractivity contribution in [1.82, 2.24) is 13.7 Å². The van der Waals surface area contributed by atoms with Crippen LogP contribution in [0.5, 0.6) is 0 Å². The highest BCUT2D eigenvalue weighted by molar-refractivity contribution is 6.17. The molecule has 0 unspecified atom stereocenters. The molecule has 0 saturated heterocycles. The number of nitrogens with two attached hydrogens (primary N) is 1. The number of hydrogen-bond acceptors (Lipinski definition) is 2. The summed E-state index contributed by atoms with van der Waals surface area (Å²) >= 11 is 0. The van der Waals surface area contributed by atoms with Gasteiger partial charge in [0, 0.05) is 54.8 Å². The monoisotopic (exact) mass is 744 g/mol. The number of nitrogens with zero attached hydrogens (tertiary/aromatic N) is 3. The Morgan fingerprint density at radius 3 is 1.72 bits per heavy atom. The van der Waals surface area contributed by atoms with Crippen molar-refractivity contribution < 1.29 is 4.42 Å². The van der Waals surface area contributed by atoms with E-state index < -0.39 is 0 Å². The number of para-hydroxylation sites is 4. The lowest BCUT2D eigenvalue weighted by molar-refractivity contribution is 0.669. The van der Waals surface area contributed by atoms with Crippen LogP contribution in [0.2, 0.25) is 0 Å². The number of aromatic nitrogens is 3. The van der Waals surface area contributed by atoms with Crippen LogP contribution >= 0.6 is 0 Å². The fourth-order valence-corrected chi connectivity index (χ4v) is 9.45. The van der Waals surface area contributed by atoms with Crippen LogP contribution < -0.4 is 5.73 Å². The number of hydrogen-bond donors (Lipinski definition) is 1. The molecule has 0 aliphatic carbocycles. The molecule has 4 heterocycles. The molecule has 0 atom stereocenters. The summed E-state index contributed by atoms with van der Waals surface area (Å²) in [4.78, 5) is 0. The Hall–Kier alpha value is -7.76. The number of rotatable bonds is 5. The zero-order chi connectivity index (χ0) is 38.5. The number of fused-ring (bicyclic) bond motifs is 10. The third kappa shape index (κ3) is 4.58. The van der Waals surface area contributed by atoms with Gasteiger partial charge in [0.1, 0.15) is 11.2 Å². The first-order valence-electron chi connectivity index (χ1n) is 19.8. The second-order valence-corrected chi connectivity index (χ2v) is 15.1. The predicted octanol–water partition coefficient (Wildman–Crippen LogP) is 14.0. The molecule has 0 saturated carbocycles. The van der Waals surface area contributed by atoms with Gasteiger partial charge in [-0.3, -0.25) is 0 Å². The zero-order valence-electron chi connectivity index (χ0n) is 31.7. The lowest BCUT2D eigenvalue weighted by Gasteiger charge is -2.11. The predicted molar refractivity (Wildman–Crippen MR) is 244 cm³/mol. The molecule has 0 amide bonds. The van der Waals surface area contributed by atoms with Gasteiger partial charge >= 0.3 is 0 Å². The van der Waals surface area contributed by atoms with E-state index in [4.69, 9.17) is 10.2 Å². The number of anilines is 1. The summed E-state index contributed by atoms with van der Waals surface area (Å²) < 4.78 is 13.5. The smallest absolute Gasteiger partial charge is 0.135 e. The lowest BCUT2D eigenvalue weighted by Crippen LogP contribution is -1.98. The van der Waals surface area contributed by atoms with Gasteiger partial charge in [-0.25, -0.2) is 0 Å². The molecule has 0 fully saturated rings. The molecule has 12 rings (SSSR count). The Morgan fingerprint density at radius 1 is 0.431 bits per heavy atom. The molecule has 5 heteroatoms. The normalized spacial score (nSPS) is 12.2. The maximum Gasteiger partial charge on any atom is 0.135 e. The highest BCUT2D eigenvalue weighted by Gasteiger charge is 2.20. The molecule has 4 aromatic heterocycles. The SMILES string of the molecule is C/C=C\c1c(N)c2ccccc2n1-c1ccc2oc3ccc(-n4c5ccccc5c5c(-c6ccc7c8ccccc8n(-c8ccccc8)c7c6)cccc54)cc3c2c1. The summed E-state index contributed by atoms with van der Waals surface area (Å²) in [5.41, 5.74) is 21.6. The van der Waals surface area contributed by atoms with Crippen LogP contribution in [0, 0.1) is 0 Å². The Balaban J connectivity index is 1.07. The van der Waals surface area contributed by atoms with E-state index in [0.29, 0.717) is 0 Å². The van der Waals surface area contributed by atoms with E-state index in [1.54, 1.807) is 0 Å². The number of benzene rings is 8. The standard InChI is InChI=1S/C53H36N4O/c1-2-13-48-53(54)41-18-8-11-22-46(41)57(48)36-26-29-51-43(32-36)42-31-35(25-28-50(42)58-51)56-45-21-10-7-17-40(45)52-37(19-12-23-47(52)56)33-24-27-39-38-16-6-9-20-44(38)55(49(39)30-33)34-14-4-3-5-15-34/h2-32H,54H2,1H3/b13-2-. The Kier molecular flexibility index (Phi) is 6.93. The van der Waals surface area contributed by atoms with Crippen LogP contribution in [0.4, 0.5) is 5.69 Å². The van der Waals surface area contributed by atoms with Crippen molar-refractivity contribution in [1.29, 1.82) is 0 Å². The van der Waals surface area contributed by atoms with E-state index in [-0.39, 0.29) is 0 Å². The van der Waals surface area contributed by atoms with E-state index in [2.05, 4.69) is 190 Å². The lowest BCUT2D eigenvalue weighted by atomic mass is 9.98. The minimum atomic E-state index is 0.775. The average Bonchev–Trinajstić information content (AvgIpc) is 4.00. The highest BCUT2D eigenvalue weighted by Crippen LogP contribution is 2.42. The van der Waals surface area contributed by atoms with Crippen LogP contribution in [-0.2, 0) is 0 Å². The quantitative estimate of drug-likeness (QED) is 0.191. The zero-order valence-corrected chi connectivity index (χ0v) is 31.7. The highest BCUT2D eigenvalue weighted by atomic mass is 16.3. The number of nitrogen functional groups attached to an aromatic ring is 1. The van der Waals surface area contributed by atoms with Crippen molar-refractivity contribution in [2.45, 2.75) is 6.92 Å². The molecule has 2 N–H and O–H groups in total. The first-order valence-corrected chi connectivity index (χ1v) is 19.8. The van der Waals surface area contributed by atoms with Crippen molar-refractivity contribution in [2.24, 2.45) is 0 Å². The van der Waals surface area contributed by atoms with Crippen molar-refractivity contribution in [3.63, 3.8) is 0 Å². The number of furan rings is 1. The summed E-state index contributed by atoms with van der Waals surface area (Å²) in [6.45, 7) is 2.03. The van der Waals surface area contributed by atoms with Crippen LogP contribution in [0.1, 0.15) is 12.6 Å². The maximum absolute atomic E-state index is 6.74. The number of allylic oxidation sites excluding steroid dienone is 1. The molecule has 0 aliphatic heterocycles. The fraction of sp³-hybridized carbons (Fsp3) is 0.0189. The van der Waals surface area contributed by atoms with Gasteiger partial charge in [0.2, 0.25) is 0 Å². The van der Waals surface area contributed by atoms with Crippen molar-refractivity contribution >= 4 is 88.2 Å². The molecule has 12 aromatic rings. The first-order chi connectivity index (χ1) is 28.7. The average molecular weight is 745 g/mol. The van der Waals surface area contributed by atoms with Crippen molar-refractivity contribution in [3.8, 4) is 28.2 Å². The van der Waals surface area contributed by atoms with E-state index >= 15 is 0 Å². The van der Waals surface area contributed by atoms with Gasteiger partial charge in [0.15, 0.2) is 0 Å². The molecule has 58 heavy (non-hydrogen) atoms. The van der Waals surface area contributed by atoms with Gasteiger partial charge < -0.3 is 23.9 Å². The third-order valence-corrected chi connectivity index (χ3v) is 11.9. The fourth-order valence-electron chi connectivity index (χ4n) is 9.45. The first kappa shape index (κ1) is 32.5. The van der Waals surface area contributed by atoms with Gasteiger partial charge in [-0.2, -0.15) is 0 Å². The summed E-state index contributed by atoms with van der Waals surface area (Å²) in [6.07, 6.45) is 4.13. The molecule has 0 bridgehead atoms. The largest absolute Gasteiger partial charge is 0.456 e. The third-order valence-electron chi connectivity index (χ3n) is 11.9. The second-order valence-electron chi connectivity index (χ2n) is 15.1. The van der Waals surface area contributed by atoms with Gasteiger partial charge in [-0.15, -0.1) is 0 Å². The van der Waals surface area contributed by atoms with Crippen molar-refractivity contribution in [2.75, 3.05) is 5.73 Å². The van der Waals surface area contributed by atoms with Gasteiger partial charge in [-0.1, -0.05) is 103 Å². The van der Waals surface area contributed by atoms with Gasteiger partial charge in [0.05, 0.1) is 39.0 Å². The molecule has 0 radical (unpaired) electrons. The summed E-state index contributed by atoms with van der Waals surface area (Å²) in [6, 6.07) is 63.1. The Labute approximate surface area is 333 Å². The van der Waals surface area contributed by atoms with E-state index in [9.17, 15) is 0 Å². The Morgan fingerprint density at radius 2 is 1.00 bits per heavy atom. The summed E-state index contributed by atoms with van der Waals surface area (Å²) in [7, 11) is 0. The minimum absolute atomic E-state index is 0.775. The van der Waals surface area contributed by atoms with Crippen molar-refractivity contribution in [3.05, 3.63) is 188 Å². The second kappa shape index (κ2) is 12.4. The van der Waals surface area contributed by atoms with Crippen LogP contribution in [-0.4, -0.2) is 13.7 Å². The minimum Gasteiger partial charge on any atom is -0.456 e. The molecule has 5 nitrogen and oxygen atoms in total. The van der Waals surface area contributed by atoms with E-state index in [0.717, 1.165) is 72.3 Å². The van der Waals surface area contributed by atoms with Gasteiger partial charge in [0.25, 0.3) is 0 Å². The van der Waals surface area contributed by atoms with E-state index in [1.165, 1.54) is 43.7 Å². The summed E-state index contributed by atoms with van der Waals surface area (Å²) in [5.74, 6) is 0. The Bertz CT molecular complexity index is 3650. The topological polar surface area (TPSA) is 54.0 Å². The molecule has 8 aromatic carbocycles. The maximum atomic E-state index is 6.74. The molecular weight excluding hydrogens is 709 g/mol. The summed E-state index contributed by atoms with van der Waals surface area (Å²) in [5, 5.41) is 8.10. The molecule has 274 valence electrons. The van der Waals surface area contributed by atoms with Crippen LogP contribution in [0.3, 0.4) is 0 Å². The van der Waals surface area contributed by atoms with Gasteiger partial charge in [-0.05, 0) is 103 Å². The molecular formula is C53H36N4O. The van der Waals surface area contributed by atoms with Crippen LogP contribution in [0.25, 0.3) is 111 Å². The molecule has 0 aliphatic rings. The molecule has 0 spiro atoms. The van der Waals surface area contributed by atoms with E-state index in [1.807, 2.05) is 19.1 Å².